The van der Waals surface area contributed by atoms with E-state index in [1.807, 2.05) is 4.90 Å². The lowest BCUT2D eigenvalue weighted by molar-refractivity contribution is -0.137. The van der Waals surface area contributed by atoms with Gasteiger partial charge in [-0.05, 0) is 32.9 Å². The zero-order chi connectivity index (χ0) is 21.9. The van der Waals surface area contributed by atoms with Crippen molar-refractivity contribution in [3.05, 3.63) is 22.5 Å². The number of carbonyl (C=O) groups excluding carboxylic acids is 3. The Balaban J connectivity index is 1.44. The number of amides is 1. The molecule has 3 saturated heterocycles. The lowest BCUT2D eigenvalue weighted by Gasteiger charge is -2.39. The standard InChI is InChI=1S/C21H29N5O5/c1-11-15(23-5-8-25-6-3-4-7-25)18(28)14-12(10-31-20(22)29)21(30-2)19-13(24-19)9-26(21)16(14)17(11)27/h12-13,19,23-24H,3-10H2,1-2H3,(H2,22,29)/t12-,13+,19+,21-/m1/s1. The van der Waals surface area contributed by atoms with Crippen LogP contribution < -0.4 is 16.4 Å². The Morgan fingerprint density at radius 1 is 1.29 bits per heavy atom. The van der Waals surface area contributed by atoms with Crippen molar-refractivity contribution in [2.24, 2.45) is 11.7 Å². The van der Waals surface area contributed by atoms with Crippen LogP contribution in [0, 0.1) is 5.92 Å². The molecule has 10 heteroatoms. The summed E-state index contributed by atoms with van der Waals surface area (Å²) in [6.45, 7) is 5.67. The molecule has 0 radical (unpaired) electrons. The van der Waals surface area contributed by atoms with Crippen molar-refractivity contribution in [2.45, 2.75) is 37.6 Å². The Kier molecular flexibility index (Phi) is 4.83. The number of Topliss-reactive ketones (excluding diaryl/α,β-unsaturated/α-hetero) is 2. The third kappa shape index (κ3) is 2.92. The van der Waals surface area contributed by atoms with Crippen LogP contribution in [0.15, 0.2) is 22.5 Å². The molecule has 0 aromatic heterocycles. The summed E-state index contributed by atoms with van der Waals surface area (Å²) in [7, 11) is 1.57. The molecule has 0 aromatic rings. The molecule has 3 fully saturated rings. The first kappa shape index (κ1) is 20.5. The highest BCUT2D eigenvalue weighted by Crippen LogP contribution is 2.55. The summed E-state index contributed by atoms with van der Waals surface area (Å²) in [6, 6.07) is 0.134. The number of hydrogen-bond donors (Lipinski definition) is 3. The first-order valence-corrected chi connectivity index (χ1v) is 10.9. The van der Waals surface area contributed by atoms with Crippen LogP contribution in [0.4, 0.5) is 4.79 Å². The first-order chi connectivity index (χ1) is 14.9. The molecule has 4 atom stereocenters. The molecule has 0 spiro atoms. The first-order valence-electron chi connectivity index (χ1n) is 10.9. The van der Waals surface area contributed by atoms with Gasteiger partial charge in [0.15, 0.2) is 5.72 Å². The van der Waals surface area contributed by atoms with Gasteiger partial charge in [-0.15, -0.1) is 0 Å². The number of nitrogens with zero attached hydrogens (tertiary/aromatic N) is 2. The van der Waals surface area contributed by atoms with Crippen LogP contribution in [0.25, 0.3) is 0 Å². The average molecular weight is 431 g/mol. The van der Waals surface area contributed by atoms with Crippen LogP contribution in [0.2, 0.25) is 0 Å². The van der Waals surface area contributed by atoms with Gasteiger partial charge in [0.2, 0.25) is 11.6 Å². The van der Waals surface area contributed by atoms with Crippen molar-refractivity contribution in [1.29, 1.82) is 0 Å². The molecule has 168 valence electrons. The van der Waals surface area contributed by atoms with E-state index in [1.54, 1.807) is 14.0 Å². The molecule has 5 aliphatic rings. The quantitative estimate of drug-likeness (QED) is 0.345. The van der Waals surface area contributed by atoms with Crippen LogP contribution in [0.3, 0.4) is 0 Å². The summed E-state index contributed by atoms with van der Waals surface area (Å²) >= 11 is 0. The maximum Gasteiger partial charge on any atom is 0.404 e. The smallest absolute Gasteiger partial charge is 0.404 e. The normalized spacial score (nSPS) is 34.3. The second-order valence-electron chi connectivity index (χ2n) is 8.90. The minimum atomic E-state index is -0.943. The van der Waals surface area contributed by atoms with E-state index < -0.39 is 17.7 Å². The summed E-state index contributed by atoms with van der Waals surface area (Å²) in [5, 5.41) is 6.57. The highest BCUT2D eigenvalue weighted by atomic mass is 16.6. The predicted molar refractivity (Wildman–Crippen MR) is 110 cm³/mol. The highest BCUT2D eigenvalue weighted by molar-refractivity contribution is 6.25. The maximum atomic E-state index is 13.6. The maximum absolute atomic E-state index is 13.6. The molecule has 5 rings (SSSR count). The number of allylic oxidation sites excluding steroid dienone is 2. The number of nitrogens with one attached hydrogen (secondary N) is 2. The van der Waals surface area contributed by atoms with Crippen molar-refractivity contribution in [2.75, 3.05) is 46.4 Å². The molecule has 0 unspecified atom stereocenters. The molecule has 0 bridgehead atoms. The van der Waals surface area contributed by atoms with Crippen LogP contribution in [0.1, 0.15) is 19.8 Å². The van der Waals surface area contributed by atoms with Crippen LogP contribution >= 0.6 is 0 Å². The van der Waals surface area contributed by atoms with Crippen molar-refractivity contribution in [3.63, 3.8) is 0 Å². The van der Waals surface area contributed by atoms with Crippen molar-refractivity contribution < 1.29 is 23.9 Å². The number of ether oxygens (including phenoxy) is 2. The fourth-order valence-corrected chi connectivity index (χ4v) is 5.85. The van der Waals surface area contributed by atoms with Gasteiger partial charge in [-0.3, -0.25) is 9.59 Å². The largest absolute Gasteiger partial charge is 0.449 e. The monoisotopic (exact) mass is 431 g/mol. The zero-order valence-corrected chi connectivity index (χ0v) is 17.9. The second kappa shape index (κ2) is 7.32. The Bertz CT molecular complexity index is 908. The molecule has 4 N–H and O–H groups in total. The van der Waals surface area contributed by atoms with E-state index in [0.29, 0.717) is 35.6 Å². The molecule has 1 aliphatic carbocycles. The number of primary amides is 1. The van der Waals surface area contributed by atoms with Gasteiger partial charge in [0, 0.05) is 43.9 Å². The molecule has 0 aromatic carbocycles. The number of methoxy groups -OCH3 is 1. The van der Waals surface area contributed by atoms with Crippen molar-refractivity contribution in [3.8, 4) is 0 Å². The van der Waals surface area contributed by atoms with Crippen molar-refractivity contribution >= 4 is 17.7 Å². The second-order valence-corrected chi connectivity index (χ2v) is 8.90. The average Bonchev–Trinajstić information content (AvgIpc) is 3.11. The zero-order valence-electron chi connectivity index (χ0n) is 17.9. The van der Waals surface area contributed by atoms with Gasteiger partial charge >= 0.3 is 6.09 Å². The number of ketones is 2. The van der Waals surface area contributed by atoms with E-state index in [-0.39, 0.29) is 30.3 Å². The Hall–Kier alpha value is -2.43. The topological polar surface area (TPSA) is 136 Å². The molecule has 4 heterocycles. The van der Waals surface area contributed by atoms with Crippen molar-refractivity contribution in [1.82, 2.24) is 20.4 Å². The number of rotatable bonds is 7. The Labute approximate surface area is 180 Å². The number of carbonyl (C=O) groups is 3. The van der Waals surface area contributed by atoms with Crippen LogP contribution in [-0.2, 0) is 19.1 Å². The molecule has 4 aliphatic heterocycles. The highest BCUT2D eigenvalue weighted by Gasteiger charge is 2.72. The Morgan fingerprint density at radius 3 is 2.71 bits per heavy atom. The lowest BCUT2D eigenvalue weighted by Crippen LogP contribution is -2.55. The van der Waals surface area contributed by atoms with E-state index >= 15 is 0 Å². The van der Waals surface area contributed by atoms with Gasteiger partial charge in [0.25, 0.3) is 0 Å². The van der Waals surface area contributed by atoms with E-state index in [2.05, 4.69) is 15.5 Å². The molecule has 0 saturated carbocycles. The summed E-state index contributed by atoms with van der Waals surface area (Å²) in [5.41, 5.74) is 5.76. The predicted octanol–water partition coefficient (Wildman–Crippen LogP) is -0.924. The third-order valence-electron chi connectivity index (χ3n) is 7.36. The van der Waals surface area contributed by atoms with E-state index in [4.69, 9.17) is 15.2 Å². The SMILES string of the molecule is CO[C@@]12[C@H](COC(N)=O)C3=C(C(=O)C(C)=C(NCCN4CCCC4)C3=O)N1C[C@@H]1N[C@@H]12. The van der Waals surface area contributed by atoms with Gasteiger partial charge in [-0.1, -0.05) is 0 Å². The van der Waals surface area contributed by atoms with Gasteiger partial charge < -0.3 is 35.6 Å². The molecular formula is C21H29N5O5. The van der Waals surface area contributed by atoms with E-state index in [9.17, 15) is 14.4 Å². The number of nitrogens with two attached hydrogens (primary N) is 1. The molecule has 31 heavy (non-hydrogen) atoms. The minimum absolute atomic E-state index is 0.0444. The third-order valence-corrected chi connectivity index (χ3v) is 7.36. The summed E-state index contributed by atoms with van der Waals surface area (Å²) in [6.07, 6.45) is 1.47. The van der Waals surface area contributed by atoms with Crippen LogP contribution in [0.5, 0.6) is 0 Å². The van der Waals surface area contributed by atoms with Gasteiger partial charge in [-0.2, -0.15) is 0 Å². The van der Waals surface area contributed by atoms with E-state index in [1.165, 1.54) is 12.8 Å². The fourth-order valence-electron chi connectivity index (χ4n) is 5.85. The molecule has 10 nitrogen and oxygen atoms in total. The molecular weight excluding hydrogens is 402 g/mol. The summed E-state index contributed by atoms with van der Waals surface area (Å²) < 4.78 is 11.1. The Morgan fingerprint density at radius 2 is 2.03 bits per heavy atom. The lowest BCUT2D eigenvalue weighted by atomic mass is 9.82. The molecule has 1 amide bonds. The van der Waals surface area contributed by atoms with Gasteiger partial charge in [0.1, 0.15) is 6.61 Å². The van der Waals surface area contributed by atoms with Gasteiger partial charge in [0.05, 0.1) is 23.4 Å². The van der Waals surface area contributed by atoms with E-state index in [0.717, 1.165) is 19.6 Å². The van der Waals surface area contributed by atoms with Crippen LogP contribution in [-0.4, -0.2) is 91.7 Å². The number of likely N-dealkylation sites (tertiary alicyclic amines) is 1. The minimum Gasteiger partial charge on any atom is -0.449 e. The number of piperazine rings is 1. The summed E-state index contributed by atoms with van der Waals surface area (Å²) in [4.78, 5) is 42.7. The number of fused-ring (bicyclic) bond motifs is 4. The number of hydrogen-bond acceptors (Lipinski definition) is 9. The summed E-state index contributed by atoms with van der Waals surface area (Å²) in [5.74, 6) is -1.01. The van der Waals surface area contributed by atoms with Gasteiger partial charge in [-0.25, -0.2) is 4.79 Å². The fraction of sp³-hybridized carbons (Fsp3) is 0.667.